The van der Waals surface area contributed by atoms with Crippen LogP contribution in [0.2, 0.25) is 5.02 Å². The quantitative estimate of drug-likeness (QED) is 0.568. The van der Waals surface area contributed by atoms with Crippen molar-refractivity contribution in [3.05, 3.63) is 35.5 Å². The van der Waals surface area contributed by atoms with E-state index in [0.717, 1.165) is 46.9 Å². The Hall–Kier alpha value is -0.990. The van der Waals surface area contributed by atoms with E-state index in [1.807, 2.05) is 30.5 Å². The molecule has 0 saturated heterocycles. The second-order valence-corrected chi connectivity index (χ2v) is 5.36. The molecule has 2 rings (SSSR count). The first-order valence-electron chi connectivity index (χ1n) is 6.65. The Balaban J connectivity index is 1.93. The van der Waals surface area contributed by atoms with Crippen molar-refractivity contribution >= 4 is 39.8 Å². The molecule has 102 valence electrons. The van der Waals surface area contributed by atoms with Crippen LogP contribution in [0.4, 0.5) is 5.69 Å². The summed E-state index contributed by atoms with van der Waals surface area (Å²) in [4.78, 5) is 4.33. The minimum absolute atomic E-state index is 0.721. The highest BCUT2D eigenvalue weighted by molar-refractivity contribution is 6.31. The molecule has 0 aliphatic heterocycles. The van der Waals surface area contributed by atoms with E-state index in [-0.39, 0.29) is 0 Å². The number of alkyl halides is 1. The zero-order chi connectivity index (χ0) is 13.5. The first-order valence-corrected chi connectivity index (χ1v) is 7.56. The zero-order valence-electron chi connectivity index (χ0n) is 10.8. The van der Waals surface area contributed by atoms with E-state index in [0.29, 0.717) is 0 Å². The normalized spacial score (nSPS) is 10.8. The van der Waals surface area contributed by atoms with Crippen molar-refractivity contribution in [2.75, 3.05) is 17.7 Å². The largest absolute Gasteiger partial charge is 0.384 e. The molecule has 0 spiro atoms. The topological polar surface area (TPSA) is 24.9 Å². The monoisotopic (exact) mass is 296 g/mol. The number of nitrogens with one attached hydrogen (secondary N) is 1. The molecule has 0 fully saturated rings. The van der Waals surface area contributed by atoms with Crippen molar-refractivity contribution in [3.8, 4) is 0 Å². The zero-order valence-corrected chi connectivity index (χ0v) is 12.3. The average Bonchev–Trinajstić information content (AvgIpc) is 2.42. The molecule has 0 unspecified atom stereocenters. The van der Waals surface area contributed by atoms with Crippen LogP contribution in [0.5, 0.6) is 0 Å². The van der Waals surface area contributed by atoms with Crippen LogP contribution >= 0.6 is 23.2 Å². The maximum absolute atomic E-state index is 5.98. The van der Waals surface area contributed by atoms with Crippen LogP contribution in [0.15, 0.2) is 30.5 Å². The number of benzene rings is 1. The average molecular weight is 297 g/mol. The predicted octanol–water partition coefficient (Wildman–Crippen LogP) is 5.10. The lowest BCUT2D eigenvalue weighted by atomic mass is 10.1. The van der Waals surface area contributed by atoms with Crippen molar-refractivity contribution in [1.29, 1.82) is 0 Å². The van der Waals surface area contributed by atoms with Crippen LogP contribution in [0.3, 0.4) is 0 Å². The number of anilines is 1. The van der Waals surface area contributed by atoms with Gasteiger partial charge in [-0.15, -0.1) is 11.6 Å². The molecule has 19 heavy (non-hydrogen) atoms. The Morgan fingerprint density at radius 3 is 2.74 bits per heavy atom. The molecule has 0 bridgehead atoms. The number of hydrogen-bond donors (Lipinski definition) is 1. The maximum atomic E-state index is 5.98. The van der Waals surface area contributed by atoms with Crippen LogP contribution in [0.25, 0.3) is 10.9 Å². The third-order valence-electron chi connectivity index (χ3n) is 3.08. The standard InChI is InChI=1S/C15H18Cl2N2/c16-8-3-1-2-4-9-18-14-7-10-19-15-11-12(17)5-6-13(14)15/h5-7,10-11H,1-4,8-9H2,(H,18,19). The van der Waals surface area contributed by atoms with Gasteiger partial charge in [0.2, 0.25) is 0 Å². The number of halogens is 2. The highest BCUT2D eigenvalue weighted by Gasteiger charge is 2.01. The molecule has 0 atom stereocenters. The Morgan fingerprint density at radius 1 is 1.05 bits per heavy atom. The lowest BCUT2D eigenvalue weighted by molar-refractivity contribution is 0.688. The van der Waals surface area contributed by atoms with Crippen molar-refractivity contribution < 1.29 is 0 Å². The summed E-state index contributed by atoms with van der Waals surface area (Å²) in [5, 5.41) is 5.31. The van der Waals surface area contributed by atoms with Crippen LogP contribution in [0, 0.1) is 0 Å². The second-order valence-electron chi connectivity index (χ2n) is 4.55. The molecule has 1 N–H and O–H groups in total. The van der Waals surface area contributed by atoms with Gasteiger partial charge < -0.3 is 5.32 Å². The van der Waals surface area contributed by atoms with Crippen molar-refractivity contribution in [1.82, 2.24) is 4.98 Å². The summed E-state index contributed by atoms with van der Waals surface area (Å²) >= 11 is 11.6. The first-order chi connectivity index (χ1) is 9.31. The van der Waals surface area contributed by atoms with Crippen LogP contribution in [0.1, 0.15) is 25.7 Å². The molecular formula is C15H18Cl2N2. The minimum Gasteiger partial charge on any atom is -0.384 e. The third kappa shape index (κ3) is 4.26. The summed E-state index contributed by atoms with van der Waals surface area (Å²) in [5.74, 6) is 0.767. The van der Waals surface area contributed by atoms with Gasteiger partial charge in [-0.3, -0.25) is 4.98 Å². The van der Waals surface area contributed by atoms with Gasteiger partial charge in [0.15, 0.2) is 0 Å². The lowest BCUT2D eigenvalue weighted by Gasteiger charge is -2.09. The fourth-order valence-electron chi connectivity index (χ4n) is 2.07. The first kappa shape index (κ1) is 14.4. The second kappa shape index (κ2) is 7.56. The number of unbranched alkanes of at least 4 members (excludes halogenated alkanes) is 3. The smallest absolute Gasteiger partial charge is 0.0737 e. The Labute approximate surface area is 124 Å². The van der Waals surface area contributed by atoms with Crippen molar-refractivity contribution in [3.63, 3.8) is 0 Å². The van der Waals surface area contributed by atoms with Gasteiger partial charge in [0.25, 0.3) is 0 Å². The molecule has 1 heterocycles. The number of rotatable bonds is 7. The van der Waals surface area contributed by atoms with Gasteiger partial charge in [0.05, 0.1) is 5.52 Å². The van der Waals surface area contributed by atoms with Gasteiger partial charge in [-0.2, -0.15) is 0 Å². The van der Waals surface area contributed by atoms with E-state index < -0.39 is 0 Å². The molecule has 0 aliphatic carbocycles. The number of fused-ring (bicyclic) bond motifs is 1. The SMILES string of the molecule is ClCCCCCCNc1ccnc2cc(Cl)ccc12. The minimum atomic E-state index is 0.721. The molecule has 1 aromatic heterocycles. The fraction of sp³-hybridized carbons (Fsp3) is 0.400. The van der Waals surface area contributed by atoms with Crippen LogP contribution in [-0.4, -0.2) is 17.4 Å². The van der Waals surface area contributed by atoms with E-state index in [9.17, 15) is 0 Å². The molecule has 0 radical (unpaired) electrons. The Morgan fingerprint density at radius 2 is 1.89 bits per heavy atom. The highest BCUT2D eigenvalue weighted by Crippen LogP contribution is 2.24. The molecule has 1 aromatic carbocycles. The summed E-state index contributed by atoms with van der Waals surface area (Å²) in [5.41, 5.74) is 2.05. The van der Waals surface area contributed by atoms with Crippen molar-refractivity contribution in [2.24, 2.45) is 0 Å². The predicted molar refractivity (Wildman–Crippen MR) is 84.4 cm³/mol. The Kier molecular flexibility index (Phi) is 5.74. The molecule has 0 saturated carbocycles. The number of pyridine rings is 1. The molecule has 0 aliphatic rings. The maximum Gasteiger partial charge on any atom is 0.0737 e. The molecule has 4 heteroatoms. The van der Waals surface area contributed by atoms with Gasteiger partial charge in [0, 0.05) is 34.7 Å². The summed E-state index contributed by atoms with van der Waals surface area (Å²) in [6, 6.07) is 7.81. The highest BCUT2D eigenvalue weighted by atomic mass is 35.5. The summed E-state index contributed by atoms with van der Waals surface area (Å²) < 4.78 is 0. The fourth-order valence-corrected chi connectivity index (χ4v) is 2.43. The van der Waals surface area contributed by atoms with E-state index in [1.54, 1.807) is 0 Å². The van der Waals surface area contributed by atoms with Crippen molar-refractivity contribution in [2.45, 2.75) is 25.7 Å². The van der Waals surface area contributed by atoms with Gasteiger partial charge in [-0.05, 0) is 37.1 Å². The summed E-state index contributed by atoms with van der Waals surface area (Å²) in [6.07, 6.45) is 6.51. The summed E-state index contributed by atoms with van der Waals surface area (Å²) in [7, 11) is 0. The molecule has 2 nitrogen and oxygen atoms in total. The van der Waals surface area contributed by atoms with Gasteiger partial charge >= 0.3 is 0 Å². The lowest BCUT2D eigenvalue weighted by Crippen LogP contribution is -2.02. The van der Waals surface area contributed by atoms with Crippen LogP contribution in [-0.2, 0) is 0 Å². The number of aromatic nitrogens is 1. The van der Waals surface area contributed by atoms with Crippen LogP contribution < -0.4 is 5.32 Å². The van der Waals surface area contributed by atoms with E-state index in [2.05, 4.69) is 10.3 Å². The van der Waals surface area contributed by atoms with E-state index in [1.165, 1.54) is 12.8 Å². The number of hydrogen-bond acceptors (Lipinski definition) is 2. The number of nitrogens with zero attached hydrogens (tertiary/aromatic N) is 1. The summed E-state index contributed by atoms with van der Waals surface area (Å²) in [6.45, 7) is 0.976. The van der Waals surface area contributed by atoms with E-state index in [4.69, 9.17) is 23.2 Å². The Bertz CT molecular complexity index is 529. The van der Waals surface area contributed by atoms with Gasteiger partial charge in [0.1, 0.15) is 0 Å². The molecule has 0 amide bonds. The van der Waals surface area contributed by atoms with Gasteiger partial charge in [-0.1, -0.05) is 24.4 Å². The third-order valence-corrected chi connectivity index (χ3v) is 3.58. The molecular weight excluding hydrogens is 279 g/mol. The molecule has 2 aromatic rings. The van der Waals surface area contributed by atoms with E-state index >= 15 is 0 Å². The van der Waals surface area contributed by atoms with Gasteiger partial charge in [-0.25, -0.2) is 0 Å².